The van der Waals surface area contributed by atoms with Crippen LogP contribution in [0.25, 0.3) is 0 Å². The molecule has 0 aliphatic heterocycles. The minimum atomic E-state index is -0.422. The van der Waals surface area contributed by atoms with Crippen molar-refractivity contribution in [3.05, 3.63) is 58.6 Å². The standard InChI is InChI=1S/C21H26ClN3OS/c1-5-12-25(21(27)24-19-11-6-8-14(2)15(19)3)16(4)20(26)23-18-10-7-9-17(22)13-18/h6-11,13,16H,5,12H2,1-4H3,(H,23,26)(H,24,27)/t16-/m1/s1. The summed E-state index contributed by atoms with van der Waals surface area (Å²) in [7, 11) is 0. The Kier molecular flexibility index (Phi) is 7.63. The number of anilines is 2. The minimum absolute atomic E-state index is 0.129. The summed E-state index contributed by atoms with van der Waals surface area (Å²) in [5, 5.41) is 7.33. The lowest BCUT2D eigenvalue weighted by Crippen LogP contribution is -2.47. The van der Waals surface area contributed by atoms with Crippen molar-refractivity contribution in [2.24, 2.45) is 0 Å². The SMILES string of the molecule is CCCN(C(=S)Nc1cccc(C)c1C)[C@H](C)C(=O)Nc1cccc(Cl)c1. The Morgan fingerprint density at radius 3 is 2.56 bits per heavy atom. The molecule has 0 saturated carbocycles. The first kappa shape index (κ1) is 21.2. The van der Waals surface area contributed by atoms with Gasteiger partial charge in [-0.25, -0.2) is 0 Å². The van der Waals surface area contributed by atoms with Crippen LogP contribution in [-0.2, 0) is 4.79 Å². The van der Waals surface area contributed by atoms with E-state index in [1.54, 1.807) is 18.2 Å². The summed E-state index contributed by atoms with van der Waals surface area (Å²) >= 11 is 11.6. The van der Waals surface area contributed by atoms with Crippen LogP contribution < -0.4 is 10.6 Å². The fourth-order valence-corrected chi connectivity index (χ4v) is 3.29. The maximum Gasteiger partial charge on any atom is 0.246 e. The van der Waals surface area contributed by atoms with Gasteiger partial charge in [0.15, 0.2) is 5.11 Å². The van der Waals surface area contributed by atoms with E-state index in [0.717, 1.165) is 17.7 Å². The third-order valence-corrected chi connectivity index (χ3v) is 5.08. The van der Waals surface area contributed by atoms with E-state index in [2.05, 4.69) is 37.5 Å². The quantitative estimate of drug-likeness (QED) is 0.634. The van der Waals surface area contributed by atoms with Crippen LogP contribution in [0.3, 0.4) is 0 Å². The predicted octanol–water partition coefficient (Wildman–Crippen LogP) is 5.39. The topological polar surface area (TPSA) is 44.4 Å². The van der Waals surface area contributed by atoms with Gasteiger partial charge in [-0.3, -0.25) is 4.79 Å². The second kappa shape index (κ2) is 9.72. The van der Waals surface area contributed by atoms with Crippen molar-refractivity contribution >= 4 is 46.2 Å². The van der Waals surface area contributed by atoms with Crippen LogP contribution in [0.15, 0.2) is 42.5 Å². The second-order valence-corrected chi connectivity index (χ2v) is 7.37. The number of halogens is 1. The molecule has 0 aliphatic carbocycles. The molecular weight excluding hydrogens is 378 g/mol. The van der Waals surface area contributed by atoms with Crippen molar-refractivity contribution < 1.29 is 4.79 Å². The lowest BCUT2D eigenvalue weighted by molar-refractivity contribution is -0.119. The summed E-state index contributed by atoms with van der Waals surface area (Å²) in [4.78, 5) is 14.6. The average Bonchev–Trinajstić information content (AvgIpc) is 2.63. The van der Waals surface area contributed by atoms with Crippen molar-refractivity contribution in [3.63, 3.8) is 0 Å². The summed E-state index contributed by atoms with van der Waals surface area (Å²) in [5.41, 5.74) is 3.97. The molecule has 2 N–H and O–H groups in total. The molecule has 4 nitrogen and oxygen atoms in total. The largest absolute Gasteiger partial charge is 0.337 e. The summed E-state index contributed by atoms with van der Waals surface area (Å²) in [6.07, 6.45) is 0.878. The molecule has 1 amide bonds. The highest BCUT2D eigenvalue weighted by Gasteiger charge is 2.23. The molecule has 6 heteroatoms. The fourth-order valence-electron chi connectivity index (χ4n) is 2.74. The van der Waals surface area contributed by atoms with Gasteiger partial charge in [-0.15, -0.1) is 0 Å². The summed E-state index contributed by atoms with van der Waals surface area (Å²) in [5.74, 6) is -0.129. The first-order valence-corrected chi connectivity index (χ1v) is 9.82. The second-order valence-electron chi connectivity index (χ2n) is 6.55. The van der Waals surface area contributed by atoms with Gasteiger partial charge in [0, 0.05) is 22.9 Å². The van der Waals surface area contributed by atoms with E-state index in [-0.39, 0.29) is 5.91 Å². The molecule has 0 unspecified atom stereocenters. The number of nitrogens with one attached hydrogen (secondary N) is 2. The monoisotopic (exact) mass is 403 g/mol. The maximum absolute atomic E-state index is 12.7. The minimum Gasteiger partial charge on any atom is -0.337 e. The lowest BCUT2D eigenvalue weighted by atomic mass is 10.1. The van der Waals surface area contributed by atoms with Crippen molar-refractivity contribution in [3.8, 4) is 0 Å². The van der Waals surface area contributed by atoms with Crippen LogP contribution in [0.1, 0.15) is 31.4 Å². The number of aryl methyl sites for hydroxylation is 1. The van der Waals surface area contributed by atoms with Gasteiger partial charge < -0.3 is 15.5 Å². The van der Waals surface area contributed by atoms with Gasteiger partial charge in [0.25, 0.3) is 0 Å². The smallest absolute Gasteiger partial charge is 0.246 e. The molecule has 0 spiro atoms. The van der Waals surface area contributed by atoms with Gasteiger partial charge in [0.1, 0.15) is 6.04 Å². The molecule has 0 fully saturated rings. The van der Waals surface area contributed by atoms with Crippen molar-refractivity contribution in [1.29, 1.82) is 0 Å². The Hall–Kier alpha value is -2.11. The van der Waals surface area contributed by atoms with Gasteiger partial charge in [0.05, 0.1) is 0 Å². The van der Waals surface area contributed by atoms with Gasteiger partial charge in [-0.2, -0.15) is 0 Å². The molecule has 0 bridgehead atoms. The number of amides is 1. The number of nitrogens with zero attached hydrogens (tertiary/aromatic N) is 1. The molecule has 2 aromatic rings. The van der Waals surface area contributed by atoms with Crippen LogP contribution in [-0.4, -0.2) is 28.5 Å². The van der Waals surface area contributed by atoms with Crippen molar-refractivity contribution in [2.75, 3.05) is 17.2 Å². The van der Waals surface area contributed by atoms with Gasteiger partial charge >= 0.3 is 0 Å². The summed E-state index contributed by atoms with van der Waals surface area (Å²) in [6, 6.07) is 12.7. The number of hydrogen-bond acceptors (Lipinski definition) is 2. The van der Waals surface area contributed by atoms with E-state index >= 15 is 0 Å². The van der Waals surface area contributed by atoms with E-state index in [4.69, 9.17) is 23.8 Å². The number of rotatable bonds is 6. The number of carbonyl (C=O) groups is 1. The van der Waals surface area contributed by atoms with Gasteiger partial charge in [-0.05, 0) is 74.8 Å². The summed E-state index contributed by atoms with van der Waals surface area (Å²) < 4.78 is 0. The maximum atomic E-state index is 12.7. The van der Waals surface area contributed by atoms with E-state index in [1.165, 1.54) is 5.56 Å². The summed E-state index contributed by atoms with van der Waals surface area (Å²) in [6.45, 7) is 8.72. The highest BCUT2D eigenvalue weighted by molar-refractivity contribution is 7.80. The van der Waals surface area contributed by atoms with Crippen LogP contribution in [0.5, 0.6) is 0 Å². The molecule has 0 radical (unpaired) electrons. The highest BCUT2D eigenvalue weighted by atomic mass is 35.5. The number of hydrogen-bond donors (Lipinski definition) is 2. The molecule has 0 heterocycles. The molecule has 144 valence electrons. The van der Waals surface area contributed by atoms with E-state index in [9.17, 15) is 4.79 Å². The van der Waals surface area contributed by atoms with Crippen LogP contribution in [0, 0.1) is 13.8 Å². The third kappa shape index (κ3) is 5.68. The lowest BCUT2D eigenvalue weighted by Gasteiger charge is -2.31. The van der Waals surface area contributed by atoms with Crippen LogP contribution >= 0.6 is 23.8 Å². The normalized spacial score (nSPS) is 11.6. The molecule has 0 aromatic heterocycles. The average molecular weight is 404 g/mol. The Balaban J connectivity index is 2.13. The molecule has 0 aliphatic rings. The van der Waals surface area contributed by atoms with Crippen molar-refractivity contribution in [2.45, 2.75) is 40.2 Å². The Morgan fingerprint density at radius 2 is 1.89 bits per heavy atom. The van der Waals surface area contributed by atoms with Crippen LogP contribution in [0.2, 0.25) is 5.02 Å². The zero-order valence-corrected chi connectivity index (χ0v) is 17.7. The molecule has 0 saturated heterocycles. The Labute approximate surface area is 171 Å². The fraction of sp³-hybridized carbons (Fsp3) is 0.333. The number of thiocarbonyl (C=S) groups is 1. The first-order valence-electron chi connectivity index (χ1n) is 9.03. The van der Waals surface area contributed by atoms with Gasteiger partial charge in [-0.1, -0.05) is 36.7 Å². The Morgan fingerprint density at radius 1 is 1.19 bits per heavy atom. The molecule has 2 aromatic carbocycles. The number of carbonyl (C=O) groups excluding carboxylic acids is 1. The van der Waals surface area contributed by atoms with Gasteiger partial charge in [0.2, 0.25) is 5.91 Å². The predicted molar refractivity (Wildman–Crippen MR) is 119 cm³/mol. The van der Waals surface area contributed by atoms with E-state index in [0.29, 0.717) is 22.4 Å². The molecular formula is C21H26ClN3OS. The molecule has 1 atom stereocenters. The molecule has 27 heavy (non-hydrogen) atoms. The Bertz CT molecular complexity index is 825. The zero-order chi connectivity index (χ0) is 20.0. The first-order chi connectivity index (χ1) is 12.8. The highest BCUT2D eigenvalue weighted by Crippen LogP contribution is 2.20. The van der Waals surface area contributed by atoms with Crippen molar-refractivity contribution in [1.82, 2.24) is 4.90 Å². The third-order valence-electron chi connectivity index (χ3n) is 4.51. The zero-order valence-electron chi connectivity index (χ0n) is 16.2. The molecule has 2 rings (SSSR count). The van der Waals surface area contributed by atoms with Crippen LogP contribution in [0.4, 0.5) is 11.4 Å². The van der Waals surface area contributed by atoms with E-state index < -0.39 is 6.04 Å². The number of benzene rings is 2. The van der Waals surface area contributed by atoms with E-state index in [1.807, 2.05) is 30.0 Å².